The molecule has 0 N–H and O–H groups in total. The molecule has 1 aromatic carbocycles. The van der Waals surface area contributed by atoms with Gasteiger partial charge in [-0.05, 0) is 80.0 Å². The number of hydrogen-bond acceptors (Lipinski definition) is 5. The molecular formula is C24H34N2O3S2. The van der Waals surface area contributed by atoms with Crippen LogP contribution in [0.2, 0.25) is 0 Å². The second kappa shape index (κ2) is 8.64. The molecule has 5 nitrogen and oxygen atoms in total. The highest BCUT2D eigenvalue weighted by molar-refractivity contribution is 8.02. The van der Waals surface area contributed by atoms with Crippen LogP contribution in [-0.2, 0) is 10.0 Å². The van der Waals surface area contributed by atoms with Crippen LogP contribution in [0.4, 0.5) is 0 Å². The molecule has 170 valence electrons. The normalized spacial score (nSPS) is 27.5. The molecule has 1 unspecified atom stereocenters. The summed E-state index contributed by atoms with van der Waals surface area (Å²) in [6, 6.07) is 6.75. The van der Waals surface area contributed by atoms with Gasteiger partial charge in [0.25, 0.3) is 0 Å². The van der Waals surface area contributed by atoms with Crippen molar-refractivity contribution in [2.75, 3.05) is 20.2 Å². The van der Waals surface area contributed by atoms with Gasteiger partial charge in [0.05, 0.1) is 17.4 Å². The standard InChI is InChI=1S/C24H34N2O3S2/c1-29-21-7-9-22(10-8-21)31(27,28)25-15-11-19(12-16-25)23-26(17-18-30-23)24(13-14-24)20-5-3-2-4-6-20/h7-10,17-20,23H,2-6,11-16H2,1H3. The number of piperidine rings is 1. The van der Waals surface area contributed by atoms with Crippen molar-refractivity contribution in [1.29, 1.82) is 0 Å². The highest BCUT2D eigenvalue weighted by Crippen LogP contribution is 2.57. The van der Waals surface area contributed by atoms with Gasteiger partial charge in [-0.15, -0.1) is 11.8 Å². The Morgan fingerprint density at radius 3 is 2.29 bits per heavy atom. The minimum absolute atomic E-state index is 0.361. The largest absolute Gasteiger partial charge is 0.497 e. The SMILES string of the molecule is COc1ccc(S(=O)(=O)N2CCC(C3SC=CN3C3(C4CCCCC4)CC3)CC2)cc1. The van der Waals surface area contributed by atoms with Crippen LogP contribution in [0.5, 0.6) is 5.75 Å². The van der Waals surface area contributed by atoms with E-state index in [1.165, 1.54) is 44.9 Å². The molecule has 0 radical (unpaired) electrons. The average molecular weight is 463 g/mol. The van der Waals surface area contributed by atoms with Gasteiger partial charge in [0.15, 0.2) is 0 Å². The molecule has 5 rings (SSSR count). The highest BCUT2D eigenvalue weighted by Gasteiger charge is 2.56. The lowest BCUT2D eigenvalue weighted by atomic mass is 9.81. The van der Waals surface area contributed by atoms with E-state index >= 15 is 0 Å². The molecule has 1 aromatic rings. The second-order valence-electron chi connectivity index (χ2n) is 9.57. The molecule has 4 aliphatic rings. The maximum atomic E-state index is 13.1. The third kappa shape index (κ3) is 4.02. The molecule has 7 heteroatoms. The van der Waals surface area contributed by atoms with Crippen LogP contribution in [0, 0.1) is 11.8 Å². The maximum absolute atomic E-state index is 13.1. The van der Waals surface area contributed by atoms with Crippen molar-refractivity contribution in [2.24, 2.45) is 11.8 Å². The van der Waals surface area contributed by atoms with Gasteiger partial charge in [0.1, 0.15) is 5.75 Å². The predicted octanol–water partition coefficient (Wildman–Crippen LogP) is 5.05. The monoisotopic (exact) mass is 462 g/mol. The number of nitrogens with zero attached hydrogens (tertiary/aromatic N) is 2. The Balaban J connectivity index is 1.24. The smallest absolute Gasteiger partial charge is 0.243 e. The molecule has 3 fully saturated rings. The van der Waals surface area contributed by atoms with Crippen molar-refractivity contribution in [3.05, 3.63) is 35.9 Å². The summed E-state index contributed by atoms with van der Waals surface area (Å²) in [6.45, 7) is 1.22. The molecule has 2 heterocycles. The highest BCUT2D eigenvalue weighted by atomic mass is 32.2. The zero-order chi connectivity index (χ0) is 21.5. The number of ether oxygens (including phenoxy) is 1. The summed E-state index contributed by atoms with van der Waals surface area (Å²) in [5, 5.41) is 2.77. The Kier molecular flexibility index (Phi) is 6.03. The summed E-state index contributed by atoms with van der Waals surface area (Å²) in [7, 11) is -1.85. The van der Waals surface area contributed by atoms with E-state index < -0.39 is 10.0 Å². The van der Waals surface area contributed by atoms with Gasteiger partial charge in [-0.25, -0.2) is 8.42 Å². The first kappa shape index (κ1) is 21.7. The molecule has 0 aromatic heterocycles. The number of rotatable bonds is 6. The number of sulfonamides is 1. The van der Waals surface area contributed by atoms with Gasteiger partial charge >= 0.3 is 0 Å². The summed E-state index contributed by atoms with van der Waals surface area (Å²) in [5.41, 5.74) is 0.400. The predicted molar refractivity (Wildman–Crippen MR) is 125 cm³/mol. The topological polar surface area (TPSA) is 49.9 Å². The summed E-state index contributed by atoms with van der Waals surface area (Å²) >= 11 is 1.96. The molecule has 31 heavy (non-hydrogen) atoms. The summed E-state index contributed by atoms with van der Waals surface area (Å²) < 4.78 is 33.1. The number of hydrogen-bond donors (Lipinski definition) is 0. The van der Waals surface area contributed by atoms with Crippen molar-refractivity contribution in [3.63, 3.8) is 0 Å². The Hall–Kier alpha value is -1.18. The van der Waals surface area contributed by atoms with Gasteiger partial charge < -0.3 is 9.64 Å². The Morgan fingerprint density at radius 2 is 1.68 bits per heavy atom. The van der Waals surface area contributed by atoms with Crippen LogP contribution >= 0.6 is 11.8 Å². The van der Waals surface area contributed by atoms with Crippen molar-refractivity contribution < 1.29 is 13.2 Å². The van der Waals surface area contributed by atoms with Crippen molar-refractivity contribution in [1.82, 2.24) is 9.21 Å². The van der Waals surface area contributed by atoms with Gasteiger partial charge in [0.2, 0.25) is 10.0 Å². The molecule has 1 atom stereocenters. The maximum Gasteiger partial charge on any atom is 0.243 e. The lowest BCUT2D eigenvalue weighted by Gasteiger charge is -2.44. The fraction of sp³-hybridized carbons (Fsp3) is 0.667. The van der Waals surface area contributed by atoms with Crippen LogP contribution in [0.15, 0.2) is 40.8 Å². The summed E-state index contributed by atoms with van der Waals surface area (Å²) in [5.74, 6) is 2.07. The van der Waals surface area contributed by atoms with E-state index in [0.717, 1.165) is 18.8 Å². The van der Waals surface area contributed by atoms with E-state index in [9.17, 15) is 8.42 Å². The first-order valence-electron chi connectivity index (χ1n) is 11.8. The zero-order valence-electron chi connectivity index (χ0n) is 18.4. The Morgan fingerprint density at radius 1 is 1.00 bits per heavy atom. The molecule has 2 aliphatic carbocycles. The summed E-state index contributed by atoms with van der Waals surface area (Å²) in [6.07, 6.45) is 13.9. The first-order chi connectivity index (χ1) is 15.0. The first-order valence-corrected chi connectivity index (χ1v) is 14.2. The fourth-order valence-electron chi connectivity index (χ4n) is 6.01. The minimum Gasteiger partial charge on any atom is -0.497 e. The lowest BCUT2D eigenvalue weighted by molar-refractivity contribution is 0.100. The van der Waals surface area contributed by atoms with Gasteiger partial charge in [-0.1, -0.05) is 19.3 Å². The van der Waals surface area contributed by atoms with Crippen LogP contribution in [0.3, 0.4) is 0 Å². The van der Waals surface area contributed by atoms with E-state index in [2.05, 4.69) is 16.5 Å². The van der Waals surface area contributed by atoms with E-state index in [0.29, 0.717) is 40.6 Å². The van der Waals surface area contributed by atoms with Crippen LogP contribution in [-0.4, -0.2) is 48.7 Å². The minimum atomic E-state index is -3.44. The zero-order valence-corrected chi connectivity index (χ0v) is 20.0. The van der Waals surface area contributed by atoms with Gasteiger partial charge in [0, 0.05) is 24.8 Å². The van der Waals surface area contributed by atoms with Gasteiger partial charge in [-0.3, -0.25) is 0 Å². The van der Waals surface area contributed by atoms with Gasteiger partial charge in [-0.2, -0.15) is 4.31 Å². The van der Waals surface area contributed by atoms with E-state index in [1.54, 1.807) is 35.7 Å². The van der Waals surface area contributed by atoms with Crippen LogP contribution < -0.4 is 4.74 Å². The second-order valence-corrected chi connectivity index (χ2v) is 12.5. The Bertz CT molecular complexity index is 897. The van der Waals surface area contributed by atoms with E-state index in [4.69, 9.17) is 4.74 Å². The molecule has 2 aliphatic heterocycles. The van der Waals surface area contributed by atoms with E-state index in [-0.39, 0.29) is 0 Å². The molecule has 1 saturated heterocycles. The average Bonchev–Trinajstić information content (AvgIpc) is 3.48. The van der Waals surface area contributed by atoms with E-state index in [1.807, 2.05) is 11.8 Å². The fourth-order valence-corrected chi connectivity index (χ4v) is 8.75. The van der Waals surface area contributed by atoms with Crippen molar-refractivity contribution in [2.45, 2.75) is 73.6 Å². The molecule has 2 saturated carbocycles. The summed E-state index contributed by atoms with van der Waals surface area (Å²) in [4.78, 5) is 3.07. The van der Waals surface area contributed by atoms with Crippen LogP contribution in [0.1, 0.15) is 57.8 Å². The van der Waals surface area contributed by atoms with Crippen molar-refractivity contribution in [3.8, 4) is 5.75 Å². The number of thioether (sulfide) groups is 1. The van der Waals surface area contributed by atoms with Crippen LogP contribution in [0.25, 0.3) is 0 Å². The molecule has 0 amide bonds. The number of methoxy groups -OCH3 is 1. The van der Waals surface area contributed by atoms with Crippen molar-refractivity contribution >= 4 is 21.8 Å². The molecule has 0 bridgehead atoms. The Labute approximate surface area is 191 Å². The molecular weight excluding hydrogens is 428 g/mol. The molecule has 0 spiro atoms. The number of benzene rings is 1. The lowest BCUT2D eigenvalue weighted by Crippen LogP contribution is -2.49. The third-order valence-corrected chi connectivity index (χ3v) is 11.0. The third-order valence-electron chi connectivity index (χ3n) is 7.95. The quantitative estimate of drug-likeness (QED) is 0.592.